The third-order valence-corrected chi connectivity index (χ3v) is 6.18. The van der Waals surface area contributed by atoms with Gasteiger partial charge in [-0.25, -0.2) is 0 Å². The van der Waals surface area contributed by atoms with Crippen molar-refractivity contribution in [2.45, 2.75) is 64.7 Å². The van der Waals surface area contributed by atoms with Crippen LogP contribution in [0, 0.1) is 35.0 Å². The lowest BCUT2D eigenvalue weighted by Gasteiger charge is -2.32. The molecule has 2 fully saturated rings. The summed E-state index contributed by atoms with van der Waals surface area (Å²) in [5.41, 5.74) is 0.581. The monoisotopic (exact) mass is 339 g/mol. The van der Waals surface area contributed by atoms with Gasteiger partial charge in [-0.05, 0) is 74.1 Å². The molecule has 134 valence electrons. The number of carbonyl (C=O) groups excluding carboxylic acids is 1. The van der Waals surface area contributed by atoms with E-state index < -0.39 is 0 Å². The first-order valence-corrected chi connectivity index (χ1v) is 9.86. The van der Waals surface area contributed by atoms with Gasteiger partial charge in [0.15, 0.2) is 0 Å². The minimum atomic E-state index is -0.102. The molecule has 0 radical (unpaired) electrons. The standard InChI is InChI=1S/C22H29NO2/c1-16-2-4-17(5-3-16)14-18-6-10-20(11-7-18)22(24)25-21-12-8-19(15-23)9-13-21/h8-9,12-13,16-18,20H,2-7,10-11,14H2,1H3. The van der Waals surface area contributed by atoms with Crippen molar-refractivity contribution in [1.29, 1.82) is 5.26 Å². The number of ether oxygens (including phenoxy) is 1. The van der Waals surface area contributed by atoms with Crippen molar-refractivity contribution in [2.75, 3.05) is 0 Å². The topological polar surface area (TPSA) is 50.1 Å². The van der Waals surface area contributed by atoms with Crippen LogP contribution in [0.4, 0.5) is 0 Å². The highest BCUT2D eigenvalue weighted by molar-refractivity contribution is 5.75. The molecule has 0 atom stereocenters. The second kappa shape index (κ2) is 8.52. The van der Waals surface area contributed by atoms with Gasteiger partial charge in [0.2, 0.25) is 0 Å². The number of hydrogen-bond donors (Lipinski definition) is 0. The van der Waals surface area contributed by atoms with Crippen LogP contribution in [-0.2, 0) is 4.79 Å². The summed E-state index contributed by atoms with van der Waals surface area (Å²) in [6.45, 7) is 2.38. The summed E-state index contributed by atoms with van der Waals surface area (Å²) < 4.78 is 5.50. The van der Waals surface area contributed by atoms with Crippen molar-refractivity contribution in [2.24, 2.45) is 23.7 Å². The number of hydrogen-bond acceptors (Lipinski definition) is 3. The van der Waals surface area contributed by atoms with Crippen LogP contribution < -0.4 is 4.74 Å². The average Bonchev–Trinajstić information content (AvgIpc) is 2.65. The predicted octanol–water partition coefficient (Wildman–Crippen LogP) is 5.49. The predicted molar refractivity (Wildman–Crippen MR) is 98.0 cm³/mol. The number of nitrogens with zero attached hydrogens (tertiary/aromatic N) is 1. The minimum Gasteiger partial charge on any atom is -0.426 e. The molecule has 0 unspecified atom stereocenters. The van der Waals surface area contributed by atoms with E-state index in [0.29, 0.717) is 11.3 Å². The fraction of sp³-hybridized carbons (Fsp3) is 0.636. The average molecular weight is 339 g/mol. The molecule has 0 N–H and O–H groups in total. The smallest absolute Gasteiger partial charge is 0.314 e. The Morgan fingerprint density at radius 2 is 1.56 bits per heavy atom. The fourth-order valence-corrected chi connectivity index (χ4v) is 4.47. The third-order valence-electron chi connectivity index (χ3n) is 6.18. The molecule has 3 rings (SSSR count). The highest BCUT2D eigenvalue weighted by Gasteiger charge is 2.30. The molecule has 0 saturated heterocycles. The molecule has 3 nitrogen and oxygen atoms in total. The van der Waals surface area contributed by atoms with Crippen LogP contribution in [0.1, 0.15) is 70.3 Å². The molecule has 0 bridgehead atoms. The maximum Gasteiger partial charge on any atom is 0.314 e. The first-order chi connectivity index (χ1) is 12.1. The van der Waals surface area contributed by atoms with Crippen LogP contribution in [0.5, 0.6) is 5.75 Å². The number of esters is 1. The molecule has 0 aliphatic heterocycles. The van der Waals surface area contributed by atoms with Gasteiger partial charge in [-0.2, -0.15) is 5.26 Å². The maximum atomic E-state index is 12.4. The normalized spacial score (nSPS) is 29.6. The molecule has 3 heteroatoms. The third kappa shape index (κ3) is 5.08. The molecule has 1 aromatic carbocycles. The van der Waals surface area contributed by atoms with Crippen LogP contribution >= 0.6 is 0 Å². The van der Waals surface area contributed by atoms with E-state index in [2.05, 4.69) is 13.0 Å². The Balaban J connectivity index is 1.42. The van der Waals surface area contributed by atoms with Crippen LogP contribution in [0.15, 0.2) is 24.3 Å². The molecule has 0 aromatic heterocycles. The Morgan fingerprint density at radius 3 is 2.12 bits per heavy atom. The van der Waals surface area contributed by atoms with Gasteiger partial charge in [-0.15, -0.1) is 0 Å². The summed E-state index contributed by atoms with van der Waals surface area (Å²) in [4.78, 5) is 12.4. The van der Waals surface area contributed by atoms with E-state index in [1.807, 2.05) is 0 Å². The van der Waals surface area contributed by atoms with Crippen molar-refractivity contribution in [1.82, 2.24) is 0 Å². The number of carbonyl (C=O) groups is 1. The summed E-state index contributed by atoms with van der Waals surface area (Å²) in [6.07, 6.45) is 11.2. The maximum absolute atomic E-state index is 12.4. The van der Waals surface area contributed by atoms with Crippen molar-refractivity contribution >= 4 is 5.97 Å². The van der Waals surface area contributed by atoms with Gasteiger partial charge in [-0.1, -0.05) is 32.6 Å². The molecule has 2 saturated carbocycles. The van der Waals surface area contributed by atoms with Crippen LogP contribution in [0.25, 0.3) is 0 Å². The van der Waals surface area contributed by atoms with Gasteiger partial charge in [-0.3, -0.25) is 4.79 Å². The van der Waals surface area contributed by atoms with E-state index in [1.54, 1.807) is 24.3 Å². The molecule has 0 spiro atoms. The van der Waals surface area contributed by atoms with Crippen LogP contribution in [-0.4, -0.2) is 5.97 Å². The molecular weight excluding hydrogens is 310 g/mol. The highest BCUT2D eigenvalue weighted by Crippen LogP contribution is 2.38. The zero-order chi connectivity index (χ0) is 17.6. The van der Waals surface area contributed by atoms with E-state index in [0.717, 1.165) is 30.6 Å². The Kier molecular flexibility index (Phi) is 6.13. The van der Waals surface area contributed by atoms with Crippen molar-refractivity contribution < 1.29 is 9.53 Å². The summed E-state index contributed by atoms with van der Waals surface area (Å²) in [5.74, 6) is 3.13. The van der Waals surface area contributed by atoms with Gasteiger partial charge < -0.3 is 4.74 Å². The van der Waals surface area contributed by atoms with Crippen molar-refractivity contribution in [3.05, 3.63) is 29.8 Å². The van der Waals surface area contributed by atoms with E-state index in [1.165, 1.54) is 44.9 Å². The highest BCUT2D eigenvalue weighted by atomic mass is 16.5. The summed E-state index contributed by atoms with van der Waals surface area (Å²) in [5, 5.41) is 8.81. The summed E-state index contributed by atoms with van der Waals surface area (Å²) in [6, 6.07) is 8.84. The van der Waals surface area contributed by atoms with E-state index in [9.17, 15) is 4.79 Å². The van der Waals surface area contributed by atoms with Gasteiger partial charge in [0, 0.05) is 0 Å². The molecule has 0 amide bonds. The molecule has 2 aliphatic carbocycles. The first kappa shape index (κ1) is 18.0. The molecule has 0 heterocycles. The molecule has 25 heavy (non-hydrogen) atoms. The van der Waals surface area contributed by atoms with E-state index >= 15 is 0 Å². The molecule has 1 aromatic rings. The quantitative estimate of drug-likeness (QED) is 0.538. The van der Waals surface area contributed by atoms with Gasteiger partial charge in [0.25, 0.3) is 0 Å². The van der Waals surface area contributed by atoms with E-state index in [4.69, 9.17) is 10.00 Å². The minimum absolute atomic E-state index is 0.0401. The number of benzene rings is 1. The lowest BCUT2D eigenvalue weighted by molar-refractivity contribution is -0.140. The Bertz CT molecular complexity index is 600. The second-order valence-corrected chi connectivity index (χ2v) is 8.14. The van der Waals surface area contributed by atoms with Crippen LogP contribution in [0.3, 0.4) is 0 Å². The second-order valence-electron chi connectivity index (χ2n) is 8.14. The summed E-state index contributed by atoms with van der Waals surface area (Å²) >= 11 is 0. The zero-order valence-corrected chi connectivity index (χ0v) is 15.2. The Morgan fingerprint density at radius 1 is 1.00 bits per heavy atom. The fourth-order valence-electron chi connectivity index (χ4n) is 4.47. The lowest BCUT2D eigenvalue weighted by atomic mass is 9.73. The molecule has 2 aliphatic rings. The van der Waals surface area contributed by atoms with Gasteiger partial charge >= 0.3 is 5.97 Å². The van der Waals surface area contributed by atoms with Crippen molar-refractivity contribution in [3.8, 4) is 11.8 Å². The Hall–Kier alpha value is -1.82. The number of nitriles is 1. The Labute approximate surface area is 151 Å². The first-order valence-electron chi connectivity index (χ1n) is 9.86. The van der Waals surface area contributed by atoms with Crippen molar-refractivity contribution in [3.63, 3.8) is 0 Å². The SMILES string of the molecule is CC1CCC(CC2CCC(C(=O)Oc3ccc(C#N)cc3)CC2)CC1. The van der Waals surface area contributed by atoms with Gasteiger partial charge in [0.05, 0.1) is 17.6 Å². The van der Waals surface area contributed by atoms with Crippen LogP contribution in [0.2, 0.25) is 0 Å². The number of rotatable bonds is 4. The largest absolute Gasteiger partial charge is 0.426 e. The lowest BCUT2D eigenvalue weighted by Crippen LogP contribution is -2.27. The zero-order valence-electron chi connectivity index (χ0n) is 15.2. The van der Waals surface area contributed by atoms with Gasteiger partial charge in [0.1, 0.15) is 5.75 Å². The summed E-state index contributed by atoms with van der Waals surface area (Å²) in [7, 11) is 0. The molecular formula is C22H29NO2. The van der Waals surface area contributed by atoms with E-state index in [-0.39, 0.29) is 11.9 Å².